The number of carbonyl (C=O) groups excluding carboxylic acids is 2. The number of rotatable bonds is 6. The van der Waals surface area contributed by atoms with Gasteiger partial charge in [0, 0.05) is 25.0 Å². The topological polar surface area (TPSA) is 130 Å². The third-order valence-electron chi connectivity index (χ3n) is 7.74. The summed E-state index contributed by atoms with van der Waals surface area (Å²) >= 11 is 0. The van der Waals surface area contributed by atoms with Crippen LogP contribution in [0.1, 0.15) is 46.5 Å². The number of pyridine rings is 2. The summed E-state index contributed by atoms with van der Waals surface area (Å²) in [7, 11) is 1.24. The first-order chi connectivity index (χ1) is 20.7. The Kier molecular flexibility index (Phi) is 7.30. The number of esters is 1. The molecule has 13 heteroatoms. The summed E-state index contributed by atoms with van der Waals surface area (Å²) in [5, 5.41) is 2.89. The first-order valence-electron chi connectivity index (χ1n) is 13.7. The van der Waals surface area contributed by atoms with Crippen LogP contribution >= 0.6 is 0 Å². The maximum Gasteiger partial charge on any atom is 0.337 e. The predicted molar refractivity (Wildman–Crippen MR) is 151 cm³/mol. The number of benzene rings is 1. The standard InChI is InChI=1S/C30H26F2N6O5/c1-43-29(41)18-3-2-4-22(11-18)38-26-23(12-20(32)13-33-26)28(40)37(30(38)42)14-17-5-8-21(9-6-17)34-27(39)24-16-36-15-19(31)7-10-25(36)35-24/h2-4,7,10-13,15-17,21H,5-6,8-9,14H2,1H3,(H,34,39). The predicted octanol–water partition coefficient (Wildman–Crippen LogP) is 3.25. The summed E-state index contributed by atoms with van der Waals surface area (Å²) in [5.41, 5.74) is -0.274. The molecule has 1 aliphatic rings. The van der Waals surface area contributed by atoms with E-state index in [4.69, 9.17) is 4.74 Å². The highest BCUT2D eigenvalue weighted by Crippen LogP contribution is 2.26. The Morgan fingerprint density at radius 2 is 1.81 bits per heavy atom. The lowest BCUT2D eigenvalue weighted by molar-refractivity contribution is 0.0600. The number of ether oxygens (including phenoxy) is 1. The Morgan fingerprint density at radius 3 is 2.58 bits per heavy atom. The number of imidazole rings is 1. The number of halogens is 2. The van der Waals surface area contributed by atoms with Crippen LogP contribution in [0.25, 0.3) is 22.4 Å². The number of carbonyl (C=O) groups is 2. The summed E-state index contributed by atoms with van der Waals surface area (Å²) in [6.45, 7) is 0.0828. The number of fused-ring (bicyclic) bond motifs is 2. The van der Waals surface area contributed by atoms with Crippen LogP contribution in [0.3, 0.4) is 0 Å². The Morgan fingerprint density at radius 1 is 1.02 bits per heavy atom. The molecule has 1 saturated carbocycles. The number of aromatic nitrogens is 5. The van der Waals surface area contributed by atoms with Crippen molar-refractivity contribution in [2.24, 2.45) is 5.92 Å². The van der Waals surface area contributed by atoms with Gasteiger partial charge in [-0.25, -0.2) is 32.9 Å². The van der Waals surface area contributed by atoms with E-state index in [1.54, 1.807) is 12.1 Å². The average Bonchev–Trinajstić information content (AvgIpc) is 3.44. The van der Waals surface area contributed by atoms with Crippen LogP contribution in [0.5, 0.6) is 0 Å². The number of hydrogen-bond donors (Lipinski definition) is 1. The molecule has 11 nitrogen and oxygen atoms in total. The van der Waals surface area contributed by atoms with Gasteiger partial charge in [-0.3, -0.25) is 14.2 Å². The van der Waals surface area contributed by atoms with Crippen LogP contribution < -0.4 is 16.6 Å². The Balaban J connectivity index is 1.23. The second-order valence-electron chi connectivity index (χ2n) is 10.5. The van der Waals surface area contributed by atoms with Gasteiger partial charge in [-0.05, 0) is 68.0 Å². The molecule has 5 aromatic rings. The first-order valence-corrected chi connectivity index (χ1v) is 13.7. The molecule has 0 spiro atoms. The van der Waals surface area contributed by atoms with Gasteiger partial charge in [0.1, 0.15) is 23.0 Å². The van der Waals surface area contributed by atoms with E-state index < -0.39 is 28.9 Å². The van der Waals surface area contributed by atoms with E-state index in [2.05, 4.69) is 15.3 Å². The molecule has 0 bridgehead atoms. The number of amides is 1. The van der Waals surface area contributed by atoms with Crippen LogP contribution in [0.2, 0.25) is 0 Å². The number of nitrogens with zero attached hydrogens (tertiary/aromatic N) is 5. The third kappa shape index (κ3) is 5.41. The molecule has 0 atom stereocenters. The van der Waals surface area contributed by atoms with E-state index in [9.17, 15) is 28.0 Å². The number of methoxy groups -OCH3 is 1. The monoisotopic (exact) mass is 588 g/mol. The minimum Gasteiger partial charge on any atom is -0.465 e. The maximum absolute atomic E-state index is 14.2. The highest BCUT2D eigenvalue weighted by atomic mass is 19.1. The molecule has 6 rings (SSSR count). The van der Waals surface area contributed by atoms with Gasteiger partial charge in [0.2, 0.25) is 0 Å². The minimum atomic E-state index is -0.725. The first kappa shape index (κ1) is 27.9. The molecule has 0 aliphatic heterocycles. The fourth-order valence-corrected chi connectivity index (χ4v) is 5.58. The van der Waals surface area contributed by atoms with Crippen molar-refractivity contribution in [2.75, 3.05) is 7.11 Å². The Bertz CT molecular complexity index is 2010. The highest BCUT2D eigenvalue weighted by molar-refractivity contribution is 5.93. The zero-order valence-corrected chi connectivity index (χ0v) is 23.0. The molecule has 4 heterocycles. The van der Waals surface area contributed by atoms with Crippen LogP contribution in [-0.2, 0) is 11.3 Å². The summed E-state index contributed by atoms with van der Waals surface area (Å²) in [6, 6.07) is 9.78. The molecular formula is C30H26F2N6O5. The average molecular weight is 589 g/mol. The van der Waals surface area contributed by atoms with Crippen LogP contribution in [0.15, 0.2) is 70.6 Å². The second kappa shape index (κ2) is 11.2. The van der Waals surface area contributed by atoms with Crippen molar-refractivity contribution in [3.8, 4) is 5.69 Å². The Hall–Kier alpha value is -5.20. The summed E-state index contributed by atoms with van der Waals surface area (Å²) in [6.07, 6.45) is 6.07. The van der Waals surface area contributed by atoms with Crippen LogP contribution in [0, 0.1) is 17.6 Å². The molecule has 0 radical (unpaired) electrons. The van der Waals surface area contributed by atoms with Crippen LogP contribution in [-0.4, -0.2) is 48.5 Å². The summed E-state index contributed by atoms with van der Waals surface area (Å²) in [4.78, 5) is 60.4. The highest BCUT2D eigenvalue weighted by Gasteiger charge is 2.26. The zero-order valence-electron chi connectivity index (χ0n) is 23.0. The molecule has 1 aromatic carbocycles. The molecule has 1 amide bonds. The molecule has 1 fully saturated rings. The smallest absolute Gasteiger partial charge is 0.337 e. The van der Waals surface area contributed by atoms with E-state index in [1.165, 1.54) is 52.7 Å². The molecule has 1 N–H and O–H groups in total. The fraction of sp³-hybridized carbons (Fsp3) is 0.267. The van der Waals surface area contributed by atoms with Crippen molar-refractivity contribution < 1.29 is 23.1 Å². The molecule has 0 saturated heterocycles. The van der Waals surface area contributed by atoms with E-state index in [0.29, 0.717) is 31.3 Å². The SMILES string of the molecule is COC(=O)c1cccc(-n2c(=O)n(CC3CCC(NC(=O)c4cn5cc(F)ccc5n4)CC3)c(=O)c3cc(F)cnc32)c1. The largest absolute Gasteiger partial charge is 0.465 e. The third-order valence-corrected chi connectivity index (χ3v) is 7.74. The normalized spacial score (nSPS) is 16.8. The molecule has 1 aliphatic carbocycles. The lowest BCUT2D eigenvalue weighted by Gasteiger charge is -2.29. The van der Waals surface area contributed by atoms with Crippen molar-refractivity contribution in [3.63, 3.8) is 0 Å². The zero-order chi connectivity index (χ0) is 30.2. The van der Waals surface area contributed by atoms with E-state index in [1.807, 2.05) is 0 Å². The van der Waals surface area contributed by atoms with Gasteiger partial charge in [-0.2, -0.15) is 0 Å². The van der Waals surface area contributed by atoms with Gasteiger partial charge in [0.05, 0.1) is 29.9 Å². The van der Waals surface area contributed by atoms with Crippen molar-refractivity contribution in [1.29, 1.82) is 0 Å². The number of hydrogen-bond acceptors (Lipinski definition) is 7. The van der Waals surface area contributed by atoms with Gasteiger partial charge >= 0.3 is 11.7 Å². The van der Waals surface area contributed by atoms with Crippen molar-refractivity contribution in [1.82, 2.24) is 28.8 Å². The lowest BCUT2D eigenvalue weighted by Crippen LogP contribution is -2.43. The van der Waals surface area contributed by atoms with Crippen molar-refractivity contribution in [2.45, 2.75) is 38.3 Å². The van der Waals surface area contributed by atoms with Gasteiger partial charge in [-0.1, -0.05) is 6.07 Å². The second-order valence-corrected chi connectivity index (χ2v) is 10.5. The minimum absolute atomic E-state index is 0.0317. The Labute approximate surface area is 242 Å². The molecule has 4 aromatic heterocycles. The number of nitrogens with one attached hydrogen (secondary N) is 1. The van der Waals surface area contributed by atoms with Crippen molar-refractivity contribution in [3.05, 3.63) is 105 Å². The van der Waals surface area contributed by atoms with E-state index in [-0.39, 0.29) is 52.4 Å². The van der Waals surface area contributed by atoms with Gasteiger partial charge in [0.25, 0.3) is 11.5 Å². The quantitative estimate of drug-likeness (QED) is 0.302. The maximum atomic E-state index is 14.2. The van der Waals surface area contributed by atoms with Crippen LogP contribution in [0.4, 0.5) is 8.78 Å². The summed E-state index contributed by atoms with van der Waals surface area (Å²) in [5.74, 6) is -2.21. The molecular weight excluding hydrogens is 562 g/mol. The summed E-state index contributed by atoms with van der Waals surface area (Å²) < 4.78 is 36.2. The molecule has 43 heavy (non-hydrogen) atoms. The van der Waals surface area contributed by atoms with Crippen molar-refractivity contribution >= 4 is 28.6 Å². The van der Waals surface area contributed by atoms with E-state index in [0.717, 1.165) is 16.8 Å². The lowest BCUT2D eigenvalue weighted by atomic mass is 9.86. The van der Waals surface area contributed by atoms with Gasteiger partial charge in [0.15, 0.2) is 5.65 Å². The fourth-order valence-electron chi connectivity index (χ4n) is 5.58. The van der Waals surface area contributed by atoms with Gasteiger partial charge < -0.3 is 14.5 Å². The van der Waals surface area contributed by atoms with E-state index >= 15 is 0 Å². The molecule has 0 unspecified atom stereocenters. The van der Waals surface area contributed by atoms with Gasteiger partial charge in [-0.15, -0.1) is 0 Å². The molecule has 220 valence electrons.